The van der Waals surface area contributed by atoms with E-state index in [1.165, 1.54) is 0 Å². The number of hydrogen-bond acceptors (Lipinski definition) is 3. The predicted octanol–water partition coefficient (Wildman–Crippen LogP) is 2.01. The third kappa shape index (κ3) is 3.17. The van der Waals surface area contributed by atoms with Gasteiger partial charge in [0.1, 0.15) is 0 Å². The summed E-state index contributed by atoms with van der Waals surface area (Å²) in [5.41, 5.74) is 1.09. The van der Waals surface area contributed by atoms with Gasteiger partial charge in [-0.25, -0.2) is 0 Å². The minimum Gasteiger partial charge on any atom is -0.465 e. The Labute approximate surface area is 101 Å². The Bertz CT molecular complexity index is 397. The molecule has 0 spiro atoms. The average molecular weight is 232 g/mol. The van der Waals surface area contributed by atoms with E-state index in [2.05, 4.69) is 0 Å². The third-order valence-electron chi connectivity index (χ3n) is 2.93. The highest BCUT2D eigenvalue weighted by atomic mass is 16.5. The minimum absolute atomic E-state index is 0.290. The maximum atomic E-state index is 11.4. The van der Waals surface area contributed by atoms with E-state index in [-0.39, 0.29) is 5.97 Å². The number of benzene rings is 1. The lowest BCUT2D eigenvalue weighted by atomic mass is 9.94. The first-order valence-corrected chi connectivity index (χ1v) is 5.83. The summed E-state index contributed by atoms with van der Waals surface area (Å²) in [5.74, 6) is -0.704. The van der Waals surface area contributed by atoms with Crippen molar-refractivity contribution >= 4 is 12.0 Å². The van der Waals surface area contributed by atoms with Gasteiger partial charge in [-0.2, -0.15) is 0 Å². The molecule has 0 amide bonds. The van der Waals surface area contributed by atoms with Crippen molar-refractivity contribution in [3.05, 3.63) is 42.0 Å². The zero-order valence-corrected chi connectivity index (χ0v) is 9.58. The van der Waals surface area contributed by atoms with Crippen LogP contribution < -0.4 is 0 Å². The third-order valence-corrected chi connectivity index (χ3v) is 2.93. The van der Waals surface area contributed by atoms with Crippen molar-refractivity contribution in [1.82, 2.24) is 0 Å². The van der Waals surface area contributed by atoms with Gasteiger partial charge in [-0.05, 0) is 12.0 Å². The summed E-state index contributed by atoms with van der Waals surface area (Å²) in [7, 11) is 0. The number of aliphatic hydroxyl groups excluding tert-OH is 1. The average Bonchev–Trinajstić information content (AvgIpc) is 2.34. The molecule has 90 valence electrons. The molecule has 0 aliphatic carbocycles. The number of carbonyl (C=O) groups excluding carboxylic acids is 1. The molecular weight excluding hydrogens is 216 g/mol. The zero-order valence-electron chi connectivity index (χ0n) is 9.58. The zero-order chi connectivity index (χ0) is 12.1. The van der Waals surface area contributed by atoms with Crippen molar-refractivity contribution in [3.8, 4) is 0 Å². The van der Waals surface area contributed by atoms with Crippen molar-refractivity contribution in [3.63, 3.8) is 0 Å². The van der Waals surface area contributed by atoms with Gasteiger partial charge >= 0.3 is 5.97 Å². The van der Waals surface area contributed by atoms with Crippen LogP contribution >= 0.6 is 0 Å². The molecule has 2 unspecified atom stereocenters. The van der Waals surface area contributed by atoms with E-state index in [0.29, 0.717) is 19.4 Å². The molecular formula is C14H16O3. The standard InChI is InChI=1S/C14H16O3/c15-13-9-10-17-14(16)12(13)8-4-7-11-5-2-1-3-6-11/h1-7,12-13,15H,8-10H2/b7-4+. The molecule has 1 saturated heterocycles. The van der Waals surface area contributed by atoms with Gasteiger partial charge in [0.05, 0.1) is 18.6 Å². The monoisotopic (exact) mass is 232 g/mol. The quantitative estimate of drug-likeness (QED) is 0.811. The van der Waals surface area contributed by atoms with Gasteiger partial charge in [0.2, 0.25) is 0 Å². The normalized spacial score (nSPS) is 24.9. The molecule has 1 aromatic carbocycles. The largest absolute Gasteiger partial charge is 0.465 e. The second kappa shape index (κ2) is 5.64. The maximum absolute atomic E-state index is 11.4. The summed E-state index contributed by atoms with van der Waals surface area (Å²) in [6, 6.07) is 9.87. The Kier molecular flexibility index (Phi) is 3.94. The van der Waals surface area contributed by atoms with Crippen LogP contribution in [0.3, 0.4) is 0 Å². The lowest BCUT2D eigenvalue weighted by molar-refractivity contribution is -0.160. The molecule has 2 atom stereocenters. The highest BCUT2D eigenvalue weighted by Gasteiger charge is 2.30. The molecule has 1 aromatic rings. The topological polar surface area (TPSA) is 46.5 Å². The Morgan fingerprint density at radius 2 is 2.12 bits per heavy atom. The van der Waals surface area contributed by atoms with Gasteiger partial charge < -0.3 is 9.84 Å². The number of rotatable bonds is 3. The van der Waals surface area contributed by atoms with Crippen LogP contribution in [-0.4, -0.2) is 23.8 Å². The second-order valence-electron chi connectivity index (χ2n) is 4.18. The molecule has 0 saturated carbocycles. The van der Waals surface area contributed by atoms with Crippen molar-refractivity contribution in [2.45, 2.75) is 18.9 Å². The van der Waals surface area contributed by atoms with E-state index in [0.717, 1.165) is 5.56 Å². The molecule has 1 aliphatic heterocycles. The molecule has 1 aliphatic rings. The second-order valence-corrected chi connectivity index (χ2v) is 4.18. The molecule has 1 N–H and O–H groups in total. The van der Waals surface area contributed by atoms with Crippen LogP contribution in [0.4, 0.5) is 0 Å². The van der Waals surface area contributed by atoms with Gasteiger partial charge in [-0.1, -0.05) is 42.5 Å². The molecule has 1 fully saturated rings. The number of esters is 1. The maximum Gasteiger partial charge on any atom is 0.311 e. The summed E-state index contributed by atoms with van der Waals surface area (Å²) >= 11 is 0. The van der Waals surface area contributed by atoms with Gasteiger partial charge in [0.25, 0.3) is 0 Å². The van der Waals surface area contributed by atoms with E-state index < -0.39 is 12.0 Å². The lowest BCUT2D eigenvalue weighted by Gasteiger charge is -2.25. The van der Waals surface area contributed by atoms with Gasteiger partial charge in [-0.15, -0.1) is 0 Å². The van der Waals surface area contributed by atoms with Crippen molar-refractivity contribution in [1.29, 1.82) is 0 Å². The number of aliphatic hydroxyl groups is 1. The summed E-state index contributed by atoms with van der Waals surface area (Å²) in [5, 5.41) is 9.70. The fourth-order valence-corrected chi connectivity index (χ4v) is 1.91. The Morgan fingerprint density at radius 1 is 1.35 bits per heavy atom. The fraction of sp³-hybridized carbons (Fsp3) is 0.357. The van der Waals surface area contributed by atoms with E-state index in [1.807, 2.05) is 42.5 Å². The van der Waals surface area contributed by atoms with E-state index in [1.54, 1.807) is 0 Å². The lowest BCUT2D eigenvalue weighted by Crippen LogP contribution is -2.35. The van der Waals surface area contributed by atoms with Crippen molar-refractivity contribution in [2.24, 2.45) is 5.92 Å². The first kappa shape index (κ1) is 11.9. The van der Waals surface area contributed by atoms with E-state index in [9.17, 15) is 9.90 Å². The van der Waals surface area contributed by atoms with Gasteiger partial charge in [-0.3, -0.25) is 4.79 Å². The molecule has 3 nitrogen and oxygen atoms in total. The summed E-state index contributed by atoms with van der Waals surface area (Å²) in [6.45, 7) is 0.332. The highest BCUT2D eigenvalue weighted by Crippen LogP contribution is 2.20. The molecule has 2 rings (SSSR count). The number of ether oxygens (including phenoxy) is 1. The Hall–Kier alpha value is -1.61. The smallest absolute Gasteiger partial charge is 0.311 e. The Morgan fingerprint density at radius 3 is 2.82 bits per heavy atom. The van der Waals surface area contributed by atoms with Crippen molar-refractivity contribution in [2.75, 3.05) is 6.61 Å². The van der Waals surface area contributed by atoms with Crippen LogP contribution in [0.15, 0.2) is 36.4 Å². The number of carbonyl (C=O) groups is 1. The minimum atomic E-state index is -0.573. The van der Waals surface area contributed by atoms with E-state index >= 15 is 0 Å². The van der Waals surface area contributed by atoms with Crippen LogP contribution in [0.2, 0.25) is 0 Å². The highest BCUT2D eigenvalue weighted by molar-refractivity contribution is 5.74. The molecule has 17 heavy (non-hydrogen) atoms. The molecule has 0 bridgehead atoms. The predicted molar refractivity (Wildman–Crippen MR) is 65.2 cm³/mol. The van der Waals surface area contributed by atoms with Gasteiger partial charge in [0, 0.05) is 6.42 Å². The SMILES string of the molecule is O=C1OCCC(O)C1C/C=C/c1ccccc1. The first-order chi connectivity index (χ1) is 8.27. The van der Waals surface area contributed by atoms with Crippen molar-refractivity contribution < 1.29 is 14.6 Å². The van der Waals surface area contributed by atoms with Crippen LogP contribution in [0, 0.1) is 5.92 Å². The van der Waals surface area contributed by atoms with Gasteiger partial charge in [0.15, 0.2) is 0 Å². The number of hydrogen-bond donors (Lipinski definition) is 1. The number of allylic oxidation sites excluding steroid dienone is 1. The van der Waals surface area contributed by atoms with Crippen LogP contribution in [0.1, 0.15) is 18.4 Å². The number of cyclic esters (lactones) is 1. The van der Waals surface area contributed by atoms with Crippen LogP contribution in [-0.2, 0) is 9.53 Å². The molecule has 0 aromatic heterocycles. The molecule has 0 radical (unpaired) electrons. The summed E-state index contributed by atoms with van der Waals surface area (Å²) < 4.78 is 4.93. The molecule has 3 heteroatoms. The van der Waals surface area contributed by atoms with Crippen LogP contribution in [0.25, 0.3) is 6.08 Å². The summed E-state index contributed by atoms with van der Waals surface area (Å²) in [4.78, 5) is 11.4. The van der Waals surface area contributed by atoms with E-state index in [4.69, 9.17) is 4.74 Å². The summed E-state index contributed by atoms with van der Waals surface area (Å²) in [6.07, 6.45) is 4.35. The van der Waals surface area contributed by atoms with Crippen LogP contribution in [0.5, 0.6) is 0 Å². The fourth-order valence-electron chi connectivity index (χ4n) is 1.91. The Balaban J connectivity index is 1.93. The first-order valence-electron chi connectivity index (χ1n) is 5.83. The molecule has 1 heterocycles.